The van der Waals surface area contributed by atoms with Crippen molar-refractivity contribution >= 4 is 27.6 Å². The van der Waals surface area contributed by atoms with Gasteiger partial charge in [0.05, 0.1) is 11.3 Å². The Morgan fingerprint density at radius 3 is 2.76 bits per heavy atom. The van der Waals surface area contributed by atoms with Crippen molar-refractivity contribution in [1.82, 2.24) is 4.98 Å². The Hall–Kier alpha value is -1.92. The Morgan fingerprint density at radius 1 is 1.24 bits per heavy atom. The molecular formula is C14H9BrN2. The van der Waals surface area contributed by atoms with Crippen molar-refractivity contribution in [3.8, 4) is 6.07 Å². The zero-order valence-electron chi connectivity index (χ0n) is 8.97. The summed E-state index contributed by atoms with van der Waals surface area (Å²) in [5.74, 6) is 0. The Bertz CT molecular complexity index is 583. The van der Waals surface area contributed by atoms with E-state index in [1.54, 1.807) is 6.20 Å². The smallest absolute Gasteiger partial charge is 0.101 e. The molecular weight excluding hydrogens is 276 g/mol. The molecule has 1 aromatic heterocycles. The van der Waals surface area contributed by atoms with Crippen LogP contribution in [0.3, 0.4) is 0 Å². The highest BCUT2D eigenvalue weighted by Crippen LogP contribution is 2.18. The first-order chi connectivity index (χ1) is 8.29. The number of halogens is 1. The van der Waals surface area contributed by atoms with E-state index in [0.29, 0.717) is 11.3 Å². The van der Waals surface area contributed by atoms with Crippen LogP contribution in [0.25, 0.3) is 11.6 Å². The Morgan fingerprint density at radius 2 is 2.12 bits per heavy atom. The fraction of sp³-hybridized carbons (Fsp3) is 0. The van der Waals surface area contributed by atoms with E-state index in [1.807, 2.05) is 48.5 Å². The molecule has 0 spiro atoms. The first kappa shape index (κ1) is 11.6. The highest BCUT2D eigenvalue weighted by Gasteiger charge is 2.01. The fourth-order valence-electron chi connectivity index (χ4n) is 1.45. The molecule has 0 bridgehead atoms. The number of nitrogens with zero attached hydrogens (tertiary/aromatic N) is 2. The lowest BCUT2D eigenvalue weighted by molar-refractivity contribution is 1.28. The lowest BCUT2D eigenvalue weighted by Gasteiger charge is -1.99. The number of hydrogen-bond acceptors (Lipinski definition) is 2. The summed E-state index contributed by atoms with van der Waals surface area (Å²) in [6.45, 7) is 0. The predicted molar refractivity (Wildman–Crippen MR) is 71.9 cm³/mol. The van der Waals surface area contributed by atoms with Gasteiger partial charge < -0.3 is 0 Å². The zero-order valence-corrected chi connectivity index (χ0v) is 10.6. The van der Waals surface area contributed by atoms with Gasteiger partial charge in [0.1, 0.15) is 6.07 Å². The van der Waals surface area contributed by atoms with Crippen molar-refractivity contribution in [3.63, 3.8) is 0 Å². The molecule has 0 aliphatic heterocycles. The van der Waals surface area contributed by atoms with E-state index in [9.17, 15) is 0 Å². The van der Waals surface area contributed by atoms with Crippen molar-refractivity contribution in [1.29, 1.82) is 5.26 Å². The summed E-state index contributed by atoms with van der Waals surface area (Å²) < 4.78 is 0.990. The molecule has 0 atom stereocenters. The molecule has 17 heavy (non-hydrogen) atoms. The number of hydrogen-bond donors (Lipinski definition) is 0. The summed E-state index contributed by atoms with van der Waals surface area (Å²) in [6.07, 6.45) is 3.51. The average molecular weight is 285 g/mol. The Kier molecular flexibility index (Phi) is 3.69. The van der Waals surface area contributed by atoms with Crippen LogP contribution in [-0.2, 0) is 0 Å². The third-order valence-electron chi connectivity index (χ3n) is 2.22. The van der Waals surface area contributed by atoms with Crippen LogP contribution >= 0.6 is 15.9 Å². The molecule has 0 amide bonds. The van der Waals surface area contributed by atoms with Gasteiger partial charge >= 0.3 is 0 Å². The van der Waals surface area contributed by atoms with Gasteiger partial charge in [0.15, 0.2) is 0 Å². The molecule has 1 heterocycles. The highest BCUT2D eigenvalue weighted by molar-refractivity contribution is 9.10. The molecule has 0 saturated carbocycles. The van der Waals surface area contributed by atoms with Crippen LogP contribution < -0.4 is 0 Å². The van der Waals surface area contributed by atoms with Gasteiger partial charge in [-0.1, -0.05) is 34.1 Å². The second kappa shape index (κ2) is 5.42. The van der Waals surface area contributed by atoms with Crippen LogP contribution in [0.2, 0.25) is 0 Å². The largest absolute Gasteiger partial charge is 0.256 e. The maximum absolute atomic E-state index is 9.14. The third-order valence-corrected chi connectivity index (χ3v) is 2.71. The van der Waals surface area contributed by atoms with E-state index < -0.39 is 0 Å². The summed E-state index contributed by atoms with van der Waals surface area (Å²) in [4.78, 5) is 4.17. The van der Waals surface area contributed by atoms with Crippen LogP contribution in [0.4, 0.5) is 0 Å². The van der Waals surface area contributed by atoms with E-state index in [1.165, 1.54) is 0 Å². The summed E-state index contributed by atoms with van der Waals surface area (Å²) in [6, 6.07) is 15.5. The zero-order chi connectivity index (χ0) is 12.1. The van der Waals surface area contributed by atoms with Crippen molar-refractivity contribution < 1.29 is 0 Å². The topological polar surface area (TPSA) is 36.7 Å². The van der Waals surface area contributed by atoms with E-state index in [2.05, 4.69) is 27.0 Å². The molecule has 0 aliphatic carbocycles. The van der Waals surface area contributed by atoms with Crippen molar-refractivity contribution in [2.24, 2.45) is 0 Å². The molecule has 82 valence electrons. The monoisotopic (exact) mass is 284 g/mol. The highest BCUT2D eigenvalue weighted by atomic mass is 79.9. The molecule has 0 unspecified atom stereocenters. The molecule has 2 rings (SSSR count). The van der Waals surface area contributed by atoms with Gasteiger partial charge in [-0.25, -0.2) is 0 Å². The van der Waals surface area contributed by atoms with E-state index in [0.717, 1.165) is 10.0 Å². The molecule has 0 N–H and O–H groups in total. The van der Waals surface area contributed by atoms with Crippen molar-refractivity contribution in [2.75, 3.05) is 0 Å². The van der Waals surface area contributed by atoms with Crippen LogP contribution in [-0.4, -0.2) is 4.98 Å². The second-order valence-corrected chi connectivity index (χ2v) is 4.36. The predicted octanol–water partition coefficient (Wildman–Crippen LogP) is 3.91. The van der Waals surface area contributed by atoms with Gasteiger partial charge in [-0.15, -0.1) is 0 Å². The van der Waals surface area contributed by atoms with E-state index >= 15 is 0 Å². The molecule has 0 aliphatic rings. The molecule has 3 heteroatoms. The summed E-state index contributed by atoms with van der Waals surface area (Å²) in [5.41, 5.74) is 2.22. The van der Waals surface area contributed by atoms with Crippen LogP contribution in [0.5, 0.6) is 0 Å². The Balaban J connectivity index is 2.41. The minimum absolute atomic E-state index is 0.559. The minimum Gasteiger partial charge on any atom is -0.256 e. The van der Waals surface area contributed by atoms with E-state index in [-0.39, 0.29) is 0 Å². The molecule has 0 fully saturated rings. The summed E-state index contributed by atoms with van der Waals surface area (Å²) in [7, 11) is 0. The normalized spacial score (nSPS) is 10.9. The quantitative estimate of drug-likeness (QED) is 0.784. The van der Waals surface area contributed by atoms with Gasteiger partial charge in [0.2, 0.25) is 0 Å². The number of allylic oxidation sites excluding steroid dienone is 1. The lowest BCUT2D eigenvalue weighted by Crippen LogP contribution is -1.85. The van der Waals surface area contributed by atoms with Crippen LogP contribution in [0.1, 0.15) is 11.3 Å². The first-order valence-corrected chi connectivity index (χ1v) is 5.87. The average Bonchev–Trinajstić information content (AvgIpc) is 2.37. The van der Waals surface area contributed by atoms with E-state index in [4.69, 9.17) is 5.26 Å². The standard InChI is InChI=1S/C14H9BrN2/c15-13-5-3-4-11(9-13)8-12(10-16)14-6-1-2-7-17-14/h1-9H/b12-8-. The minimum atomic E-state index is 0.559. The molecule has 2 nitrogen and oxygen atoms in total. The maximum atomic E-state index is 9.14. The third kappa shape index (κ3) is 3.02. The number of rotatable bonds is 2. The van der Waals surface area contributed by atoms with Gasteiger partial charge in [-0.2, -0.15) is 5.26 Å². The summed E-state index contributed by atoms with van der Waals surface area (Å²) in [5, 5.41) is 9.14. The number of pyridine rings is 1. The van der Waals surface area contributed by atoms with Crippen LogP contribution in [0, 0.1) is 11.3 Å². The van der Waals surface area contributed by atoms with Crippen molar-refractivity contribution in [2.45, 2.75) is 0 Å². The molecule has 1 aromatic carbocycles. The Labute approximate surface area is 108 Å². The molecule has 0 radical (unpaired) electrons. The summed E-state index contributed by atoms with van der Waals surface area (Å²) >= 11 is 3.40. The van der Waals surface area contributed by atoms with Crippen LogP contribution in [0.15, 0.2) is 53.1 Å². The number of aromatic nitrogens is 1. The van der Waals surface area contributed by atoms with Gasteiger partial charge in [-0.3, -0.25) is 4.98 Å². The first-order valence-electron chi connectivity index (χ1n) is 5.08. The fourth-order valence-corrected chi connectivity index (χ4v) is 1.87. The molecule has 0 saturated heterocycles. The maximum Gasteiger partial charge on any atom is 0.101 e. The second-order valence-electron chi connectivity index (χ2n) is 3.44. The SMILES string of the molecule is N#C/C(=C/c1cccc(Br)c1)c1ccccn1. The van der Waals surface area contributed by atoms with Gasteiger partial charge in [0.25, 0.3) is 0 Å². The molecule has 2 aromatic rings. The van der Waals surface area contributed by atoms with Gasteiger partial charge in [0, 0.05) is 10.7 Å². The van der Waals surface area contributed by atoms with Crippen molar-refractivity contribution in [3.05, 3.63) is 64.4 Å². The lowest BCUT2D eigenvalue weighted by atomic mass is 10.1. The number of nitriles is 1. The number of benzene rings is 1. The van der Waals surface area contributed by atoms with Gasteiger partial charge in [-0.05, 0) is 35.9 Å².